The van der Waals surface area contributed by atoms with E-state index in [1.807, 2.05) is 0 Å². The molecule has 0 bridgehead atoms. The number of aryl methyl sites for hydroxylation is 1. The maximum absolute atomic E-state index is 6.35. The van der Waals surface area contributed by atoms with E-state index in [0.717, 1.165) is 18.8 Å². The molecule has 1 aromatic rings. The SMILES string of the molecule is Cc1ccc2c(c1)O[C@@]1(C)[C@@]3(CC[C@@]21C)CO3. The normalized spacial score (nSPS) is 45.6. The molecule has 90 valence electrons. The van der Waals surface area contributed by atoms with Gasteiger partial charge in [0, 0.05) is 11.0 Å². The summed E-state index contributed by atoms with van der Waals surface area (Å²) in [7, 11) is 0. The van der Waals surface area contributed by atoms with Crippen LogP contribution in [0.5, 0.6) is 5.75 Å². The van der Waals surface area contributed by atoms with Gasteiger partial charge in [0.15, 0.2) is 0 Å². The van der Waals surface area contributed by atoms with Crippen LogP contribution in [0.4, 0.5) is 0 Å². The number of rotatable bonds is 0. The largest absolute Gasteiger partial charge is 0.483 e. The molecule has 1 aromatic carbocycles. The second kappa shape index (κ2) is 2.54. The van der Waals surface area contributed by atoms with Crippen molar-refractivity contribution < 1.29 is 9.47 Å². The molecular formula is C15H18O2. The summed E-state index contributed by atoms with van der Waals surface area (Å²) in [6.07, 6.45) is 2.30. The van der Waals surface area contributed by atoms with Gasteiger partial charge in [-0.15, -0.1) is 0 Å². The Bertz CT molecular complexity index is 518. The summed E-state index contributed by atoms with van der Waals surface area (Å²) in [6.45, 7) is 7.56. The van der Waals surface area contributed by atoms with Gasteiger partial charge in [-0.2, -0.15) is 0 Å². The van der Waals surface area contributed by atoms with Crippen molar-refractivity contribution in [2.45, 2.75) is 50.2 Å². The van der Waals surface area contributed by atoms with Gasteiger partial charge in [-0.05, 0) is 38.3 Å². The van der Waals surface area contributed by atoms with E-state index in [9.17, 15) is 0 Å². The van der Waals surface area contributed by atoms with Crippen molar-refractivity contribution >= 4 is 0 Å². The molecule has 2 nitrogen and oxygen atoms in total. The molecular weight excluding hydrogens is 212 g/mol. The molecule has 1 saturated carbocycles. The van der Waals surface area contributed by atoms with Crippen LogP contribution in [-0.4, -0.2) is 17.8 Å². The van der Waals surface area contributed by atoms with Crippen LogP contribution in [0.3, 0.4) is 0 Å². The highest BCUT2D eigenvalue weighted by Crippen LogP contribution is 2.66. The van der Waals surface area contributed by atoms with Crippen molar-refractivity contribution in [1.82, 2.24) is 0 Å². The maximum Gasteiger partial charge on any atom is 0.147 e. The summed E-state index contributed by atoms with van der Waals surface area (Å²) in [5.41, 5.74) is 2.58. The second-order valence-electron chi connectivity index (χ2n) is 6.25. The Morgan fingerprint density at radius 2 is 1.94 bits per heavy atom. The first-order chi connectivity index (χ1) is 8.01. The van der Waals surface area contributed by atoms with Gasteiger partial charge in [-0.1, -0.05) is 19.1 Å². The van der Waals surface area contributed by atoms with E-state index >= 15 is 0 Å². The van der Waals surface area contributed by atoms with Gasteiger partial charge in [0.05, 0.1) is 6.61 Å². The molecule has 0 N–H and O–H groups in total. The molecule has 1 spiro atoms. The van der Waals surface area contributed by atoms with E-state index in [1.165, 1.54) is 17.5 Å². The molecule has 2 heteroatoms. The molecule has 0 aromatic heterocycles. The third kappa shape index (κ3) is 0.899. The topological polar surface area (TPSA) is 21.8 Å². The lowest BCUT2D eigenvalue weighted by molar-refractivity contribution is 0.00392. The lowest BCUT2D eigenvalue weighted by Crippen LogP contribution is -2.51. The zero-order valence-corrected chi connectivity index (χ0v) is 10.7. The van der Waals surface area contributed by atoms with E-state index in [4.69, 9.17) is 9.47 Å². The van der Waals surface area contributed by atoms with Crippen LogP contribution in [0.1, 0.15) is 37.8 Å². The first-order valence-corrected chi connectivity index (χ1v) is 6.45. The minimum atomic E-state index is -0.171. The van der Waals surface area contributed by atoms with Gasteiger partial charge >= 0.3 is 0 Å². The smallest absolute Gasteiger partial charge is 0.147 e. The average molecular weight is 230 g/mol. The highest BCUT2D eigenvalue weighted by molar-refractivity contribution is 5.52. The van der Waals surface area contributed by atoms with Crippen LogP contribution in [0.25, 0.3) is 0 Å². The number of epoxide rings is 1. The molecule has 1 aliphatic carbocycles. The molecule has 2 aliphatic heterocycles. The highest BCUT2D eigenvalue weighted by Gasteiger charge is 2.75. The number of hydrogen-bond acceptors (Lipinski definition) is 2. The molecule has 17 heavy (non-hydrogen) atoms. The molecule has 2 heterocycles. The molecule has 4 rings (SSSR count). The summed E-state index contributed by atoms with van der Waals surface area (Å²) >= 11 is 0. The fourth-order valence-corrected chi connectivity index (χ4v) is 3.93. The van der Waals surface area contributed by atoms with Gasteiger partial charge in [-0.3, -0.25) is 0 Å². The maximum atomic E-state index is 6.35. The van der Waals surface area contributed by atoms with Crippen molar-refractivity contribution in [2.75, 3.05) is 6.61 Å². The van der Waals surface area contributed by atoms with Gasteiger partial charge in [-0.25, -0.2) is 0 Å². The standard InChI is InChI=1S/C15H18O2/c1-10-4-5-11-12(8-10)17-14(3)13(11,2)6-7-15(14)9-16-15/h4-5,8H,6-7,9H2,1-3H3/t13-,14+,15+/m0/s1. The monoisotopic (exact) mass is 230 g/mol. The summed E-state index contributed by atoms with van der Waals surface area (Å²) in [5.74, 6) is 1.07. The lowest BCUT2D eigenvalue weighted by Gasteiger charge is -2.35. The molecule has 0 unspecified atom stereocenters. The van der Waals surface area contributed by atoms with Crippen LogP contribution < -0.4 is 4.74 Å². The zero-order valence-electron chi connectivity index (χ0n) is 10.7. The minimum Gasteiger partial charge on any atom is -0.483 e. The fraction of sp³-hybridized carbons (Fsp3) is 0.600. The predicted octanol–water partition coefficient (Wildman–Crippen LogP) is 2.97. The molecule has 3 atom stereocenters. The van der Waals surface area contributed by atoms with E-state index in [1.54, 1.807) is 0 Å². The van der Waals surface area contributed by atoms with E-state index < -0.39 is 0 Å². The average Bonchev–Trinajstić information content (AvgIpc) is 2.99. The van der Waals surface area contributed by atoms with Crippen molar-refractivity contribution in [3.8, 4) is 5.75 Å². The van der Waals surface area contributed by atoms with E-state index in [0.29, 0.717) is 0 Å². The van der Waals surface area contributed by atoms with Crippen LogP contribution in [0, 0.1) is 6.92 Å². The van der Waals surface area contributed by atoms with Gasteiger partial charge in [0.1, 0.15) is 17.0 Å². The predicted molar refractivity (Wildman–Crippen MR) is 65.5 cm³/mol. The Hall–Kier alpha value is -1.02. The first kappa shape index (κ1) is 9.95. The molecule has 3 aliphatic rings. The highest BCUT2D eigenvalue weighted by atomic mass is 16.6. The van der Waals surface area contributed by atoms with Gasteiger partial charge in [0.2, 0.25) is 0 Å². The lowest BCUT2D eigenvalue weighted by atomic mass is 9.71. The Morgan fingerprint density at radius 3 is 2.65 bits per heavy atom. The van der Waals surface area contributed by atoms with Crippen LogP contribution >= 0.6 is 0 Å². The third-order valence-electron chi connectivity index (χ3n) is 5.49. The van der Waals surface area contributed by atoms with Crippen molar-refractivity contribution in [1.29, 1.82) is 0 Å². The first-order valence-electron chi connectivity index (χ1n) is 6.45. The number of hydrogen-bond donors (Lipinski definition) is 0. The summed E-state index contributed by atoms with van der Waals surface area (Å²) in [6, 6.07) is 6.61. The number of benzene rings is 1. The summed E-state index contributed by atoms with van der Waals surface area (Å²) in [4.78, 5) is 0. The van der Waals surface area contributed by atoms with Crippen LogP contribution in [0.2, 0.25) is 0 Å². The van der Waals surface area contributed by atoms with Gasteiger partial charge < -0.3 is 9.47 Å². The summed E-state index contributed by atoms with van der Waals surface area (Å²) in [5, 5.41) is 0. The Kier molecular flexibility index (Phi) is 1.48. The molecule has 2 fully saturated rings. The molecule has 0 radical (unpaired) electrons. The third-order valence-corrected chi connectivity index (χ3v) is 5.49. The van der Waals surface area contributed by atoms with E-state index in [2.05, 4.69) is 39.0 Å². The van der Waals surface area contributed by atoms with E-state index in [-0.39, 0.29) is 16.6 Å². The van der Waals surface area contributed by atoms with Crippen molar-refractivity contribution in [2.24, 2.45) is 0 Å². The zero-order chi connectivity index (χ0) is 11.9. The molecule has 0 amide bonds. The van der Waals surface area contributed by atoms with Gasteiger partial charge in [0.25, 0.3) is 0 Å². The summed E-state index contributed by atoms with van der Waals surface area (Å²) < 4.78 is 12.1. The van der Waals surface area contributed by atoms with Crippen molar-refractivity contribution in [3.05, 3.63) is 29.3 Å². The Labute approximate surface area is 102 Å². The fourth-order valence-electron chi connectivity index (χ4n) is 3.93. The minimum absolute atomic E-state index is 0.00528. The Balaban J connectivity index is 1.94. The quantitative estimate of drug-likeness (QED) is 0.639. The van der Waals surface area contributed by atoms with Crippen LogP contribution in [0.15, 0.2) is 18.2 Å². The number of ether oxygens (including phenoxy) is 2. The van der Waals surface area contributed by atoms with Crippen molar-refractivity contribution in [3.63, 3.8) is 0 Å². The Morgan fingerprint density at radius 1 is 1.18 bits per heavy atom. The second-order valence-corrected chi connectivity index (χ2v) is 6.25. The number of fused-ring (bicyclic) bond motifs is 4. The van der Waals surface area contributed by atoms with Crippen LogP contribution in [-0.2, 0) is 10.2 Å². The molecule has 1 saturated heterocycles.